The standard InChI is InChI=1S/C14H15F3N2O/c1-10-8-19-13(20-10)9-18-12(7-14(15,16)17)11-5-3-2-4-6-11/h2-6,8,12,18H,7,9H2,1H3. The van der Waals surface area contributed by atoms with Gasteiger partial charge in [-0.15, -0.1) is 0 Å². The molecule has 0 aliphatic carbocycles. The molecule has 0 saturated heterocycles. The van der Waals surface area contributed by atoms with E-state index in [1.807, 2.05) is 0 Å². The Balaban J connectivity index is 2.07. The van der Waals surface area contributed by atoms with E-state index in [0.717, 1.165) is 0 Å². The Labute approximate surface area is 114 Å². The molecule has 6 heteroatoms. The summed E-state index contributed by atoms with van der Waals surface area (Å²) >= 11 is 0. The van der Waals surface area contributed by atoms with Crippen LogP contribution in [0.25, 0.3) is 0 Å². The third-order valence-corrected chi connectivity index (χ3v) is 2.81. The SMILES string of the molecule is Cc1cnc(CNC(CC(F)(F)F)c2ccccc2)o1. The van der Waals surface area contributed by atoms with Gasteiger partial charge in [-0.1, -0.05) is 30.3 Å². The number of aromatic nitrogens is 1. The van der Waals surface area contributed by atoms with E-state index in [1.165, 1.54) is 6.20 Å². The second kappa shape index (κ2) is 6.09. The molecule has 0 bridgehead atoms. The molecule has 0 fully saturated rings. The van der Waals surface area contributed by atoms with Gasteiger partial charge in [0.1, 0.15) is 5.76 Å². The van der Waals surface area contributed by atoms with Crippen LogP contribution in [0, 0.1) is 6.92 Å². The Bertz CT molecular complexity index is 537. The van der Waals surface area contributed by atoms with Crippen LogP contribution in [0.4, 0.5) is 13.2 Å². The van der Waals surface area contributed by atoms with Crippen LogP contribution >= 0.6 is 0 Å². The molecular weight excluding hydrogens is 269 g/mol. The molecular formula is C14H15F3N2O. The van der Waals surface area contributed by atoms with Crippen molar-refractivity contribution < 1.29 is 17.6 Å². The monoisotopic (exact) mass is 284 g/mol. The van der Waals surface area contributed by atoms with Crippen LogP contribution in [0.5, 0.6) is 0 Å². The maximum absolute atomic E-state index is 12.6. The Hall–Kier alpha value is -1.82. The lowest BCUT2D eigenvalue weighted by Crippen LogP contribution is -2.26. The van der Waals surface area contributed by atoms with E-state index in [-0.39, 0.29) is 6.54 Å². The van der Waals surface area contributed by atoms with Gasteiger partial charge in [-0.05, 0) is 12.5 Å². The molecule has 1 heterocycles. The maximum atomic E-state index is 12.6. The summed E-state index contributed by atoms with van der Waals surface area (Å²) in [5, 5.41) is 2.85. The predicted molar refractivity (Wildman–Crippen MR) is 67.9 cm³/mol. The van der Waals surface area contributed by atoms with Crippen LogP contribution in [0.3, 0.4) is 0 Å². The molecule has 1 aromatic heterocycles. The third-order valence-electron chi connectivity index (χ3n) is 2.81. The summed E-state index contributed by atoms with van der Waals surface area (Å²) in [4.78, 5) is 3.97. The quantitative estimate of drug-likeness (QED) is 0.908. The van der Waals surface area contributed by atoms with Crippen molar-refractivity contribution >= 4 is 0 Å². The van der Waals surface area contributed by atoms with Crippen molar-refractivity contribution in [1.82, 2.24) is 10.3 Å². The van der Waals surface area contributed by atoms with Crippen molar-refractivity contribution in [1.29, 1.82) is 0 Å². The van der Waals surface area contributed by atoms with Crippen LogP contribution in [-0.4, -0.2) is 11.2 Å². The van der Waals surface area contributed by atoms with Gasteiger partial charge in [0.25, 0.3) is 0 Å². The zero-order valence-electron chi connectivity index (χ0n) is 10.9. The predicted octanol–water partition coefficient (Wildman–Crippen LogP) is 3.77. The number of halogens is 3. The van der Waals surface area contributed by atoms with E-state index in [1.54, 1.807) is 37.3 Å². The van der Waals surface area contributed by atoms with Gasteiger partial charge < -0.3 is 9.73 Å². The molecule has 0 spiro atoms. The number of nitrogens with one attached hydrogen (secondary N) is 1. The fourth-order valence-corrected chi connectivity index (χ4v) is 1.92. The summed E-state index contributed by atoms with van der Waals surface area (Å²) in [5.41, 5.74) is 0.591. The normalized spacial score (nSPS) is 13.4. The number of rotatable bonds is 5. The number of benzene rings is 1. The average Bonchev–Trinajstić information content (AvgIpc) is 2.80. The molecule has 2 aromatic rings. The minimum atomic E-state index is -4.24. The molecule has 0 aliphatic rings. The van der Waals surface area contributed by atoms with E-state index in [2.05, 4.69) is 10.3 Å². The molecule has 0 aliphatic heterocycles. The topological polar surface area (TPSA) is 38.1 Å². The van der Waals surface area contributed by atoms with Crippen molar-refractivity contribution in [2.45, 2.75) is 32.1 Å². The third kappa shape index (κ3) is 4.38. The lowest BCUT2D eigenvalue weighted by atomic mass is 10.0. The van der Waals surface area contributed by atoms with Crippen LogP contribution in [0.2, 0.25) is 0 Å². The minimum absolute atomic E-state index is 0.156. The number of nitrogens with zero attached hydrogens (tertiary/aromatic N) is 1. The zero-order valence-corrected chi connectivity index (χ0v) is 10.9. The van der Waals surface area contributed by atoms with Gasteiger partial charge in [-0.2, -0.15) is 13.2 Å². The zero-order chi connectivity index (χ0) is 14.6. The van der Waals surface area contributed by atoms with E-state index in [9.17, 15) is 13.2 Å². The van der Waals surface area contributed by atoms with Gasteiger partial charge in [0, 0.05) is 6.04 Å². The van der Waals surface area contributed by atoms with Gasteiger partial charge in [0.2, 0.25) is 5.89 Å². The Kier molecular flexibility index (Phi) is 4.44. The van der Waals surface area contributed by atoms with Crippen LogP contribution in [0.1, 0.15) is 29.7 Å². The summed E-state index contributed by atoms with van der Waals surface area (Å²) in [6.45, 7) is 1.89. The number of aryl methyl sites for hydroxylation is 1. The molecule has 2 rings (SSSR count). The Morgan fingerprint density at radius 1 is 1.25 bits per heavy atom. The molecule has 0 amide bonds. The molecule has 20 heavy (non-hydrogen) atoms. The van der Waals surface area contributed by atoms with Crippen LogP contribution in [-0.2, 0) is 6.54 Å². The van der Waals surface area contributed by atoms with Crippen molar-refractivity contribution in [2.24, 2.45) is 0 Å². The highest BCUT2D eigenvalue weighted by molar-refractivity contribution is 5.19. The first kappa shape index (κ1) is 14.6. The van der Waals surface area contributed by atoms with Crippen molar-refractivity contribution in [3.63, 3.8) is 0 Å². The maximum Gasteiger partial charge on any atom is 0.390 e. The smallest absolute Gasteiger partial charge is 0.390 e. The Morgan fingerprint density at radius 3 is 2.50 bits per heavy atom. The summed E-state index contributed by atoms with van der Waals surface area (Å²) in [6, 6.07) is 7.73. The van der Waals surface area contributed by atoms with E-state index < -0.39 is 18.6 Å². The second-order valence-electron chi connectivity index (χ2n) is 4.53. The summed E-state index contributed by atoms with van der Waals surface area (Å²) in [5.74, 6) is 1.01. The lowest BCUT2D eigenvalue weighted by molar-refractivity contribution is -0.140. The number of alkyl halides is 3. The summed E-state index contributed by atoms with van der Waals surface area (Å²) in [6.07, 6.45) is -3.63. The molecule has 1 atom stereocenters. The molecule has 3 nitrogen and oxygen atoms in total. The largest absolute Gasteiger partial charge is 0.445 e. The first-order valence-corrected chi connectivity index (χ1v) is 6.20. The fourth-order valence-electron chi connectivity index (χ4n) is 1.92. The minimum Gasteiger partial charge on any atom is -0.445 e. The molecule has 0 radical (unpaired) electrons. The van der Waals surface area contributed by atoms with Gasteiger partial charge in [0.15, 0.2) is 0 Å². The van der Waals surface area contributed by atoms with E-state index in [0.29, 0.717) is 17.2 Å². The molecule has 1 unspecified atom stereocenters. The Morgan fingerprint density at radius 2 is 1.95 bits per heavy atom. The van der Waals surface area contributed by atoms with Crippen molar-refractivity contribution in [2.75, 3.05) is 0 Å². The van der Waals surface area contributed by atoms with Gasteiger partial charge in [0.05, 0.1) is 19.2 Å². The molecule has 1 aromatic carbocycles. The average molecular weight is 284 g/mol. The highest BCUT2D eigenvalue weighted by atomic mass is 19.4. The number of hydrogen-bond acceptors (Lipinski definition) is 3. The fraction of sp³-hybridized carbons (Fsp3) is 0.357. The lowest BCUT2D eigenvalue weighted by Gasteiger charge is -2.20. The number of hydrogen-bond donors (Lipinski definition) is 1. The summed E-state index contributed by atoms with van der Waals surface area (Å²) < 4.78 is 43.2. The highest BCUT2D eigenvalue weighted by Crippen LogP contribution is 2.29. The first-order chi connectivity index (χ1) is 9.44. The van der Waals surface area contributed by atoms with Crippen molar-refractivity contribution in [3.05, 3.63) is 53.7 Å². The molecule has 108 valence electrons. The first-order valence-electron chi connectivity index (χ1n) is 6.20. The highest BCUT2D eigenvalue weighted by Gasteiger charge is 2.32. The summed E-state index contributed by atoms with van der Waals surface area (Å²) in [7, 11) is 0. The number of oxazole rings is 1. The van der Waals surface area contributed by atoms with Gasteiger partial charge in [-0.3, -0.25) is 0 Å². The van der Waals surface area contributed by atoms with Crippen LogP contribution in [0.15, 0.2) is 40.9 Å². The van der Waals surface area contributed by atoms with Crippen molar-refractivity contribution in [3.8, 4) is 0 Å². The van der Waals surface area contributed by atoms with E-state index >= 15 is 0 Å². The molecule has 0 saturated carbocycles. The second-order valence-corrected chi connectivity index (χ2v) is 4.53. The van der Waals surface area contributed by atoms with Crippen LogP contribution < -0.4 is 5.32 Å². The molecule has 1 N–H and O–H groups in total. The van der Waals surface area contributed by atoms with Gasteiger partial charge >= 0.3 is 6.18 Å². The van der Waals surface area contributed by atoms with E-state index in [4.69, 9.17) is 4.42 Å². The van der Waals surface area contributed by atoms with Gasteiger partial charge in [-0.25, -0.2) is 4.98 Å².